The third-order valence-corrected chi connectivity index (χ3v) is 1.68. The lowest BCUT2D eigenvalue weighted by Crippen LogP contribution is -1.87. The minimum atomic E-state index is -2.50. The van der Waals surface area contributed by atoms with Gasteiger partial charge >= 0.3 is 0 Å². The number of fused-ring (bicyclic) bond motifs is 1. The van der Waals surface area contributed by atoms with Crippen LogP contribution in [-0.4, -0.2) is 9.97 Å². The summed E-state index contributed by atoms with van der Waals surface area (Å²) in [7, 11) is 0. The van der Waals surface area contributed by atoms with Gasteiger partial charge in [-0.25, -0.2) is 8.78 Å². The molecule has 2 nitrogen and oxygen atoms in total. The Bertz CT molecular complexity index is 395. The minimum Gasteiger partial charge on any atom is -0.360 e. The first kappa shape index (κ1) is 7.21. The molecule has 0 aliphatic rings. The predicted octanol–water partition coefficient (Wildman–Crippen LogP) is 2.50. The topological polar surface area (TPSA) is 28.7 Å². The third kappa shape index (κ3) is 1.05. The zero-order valence-corrected chi connectivity index (χ0v) is 6.09. The van der Waals surface area contributed by atoms with Crippen molar-refractivity contribution in [1.82, 2.24) is 9.97 Å². The molecular weight excluding hydrogens is 162 g/mol. The normalized spacial score (nSPS) is 11.2. The first-order valence-corrected chi connectivity index (χ1v) is 3.48. The van der Waals surface area contributed by atoms with Crippen LogP contribution in [0.3, 0.4) is 0 Å². The van der Waals surface area contributed by atoms with Crippen LogP contribution < -0.4 is 0 Å². The van der Waals surface area contributed by atoms with Crippen LogP contribution in [0, 0.1) is 0 Å². The number of pyridine rings is 1. The number of H-pyrrole nitrogens is 1. The Labute approximate surface area is 67.2 Å². The van der Waals surface area contributed by atoms with Crippen LogP contribution in [0.5, 0.6) is 0 Å². The summed E-state index contributed by atoms with van der Waals surface area (Å²) >= 11 is 0. The molecule has 0 aromatic carbocycles. The average Bonchev–Trinajstić information content (AvgIpc) is 2.49. The lowest BCUT2D eigenvalue weighted by atomic mass is 10.3. The molecular formula is C8H6F2N2. The summed E-state index contributed by atoms with van der Waals surface area (Å²) in [5.74, 6) is 0. The van der Waals surface area contributed by atoms with Gasteiger partial charge in [0.2, 0.25) is 0 Å². The van der Waals surface area contributed by atoms with Gasteiger partial charge in [0.1, 0.15) is 5.69 Å². The fraction of sp³-hybridized carbons (Fsp3) is 0.125. The number of hydrogen-bond acceptors (Lipinski definition) is 1. The van der Waals surface area contributed by atoms with Gasteiger partial charge in [-0.05, 0) is 12.1 Å². The van der Waals surface area contributed by atoms with Crippen molar-refractivity contribution >= 4 is 10.9 Å². The van der Waals surface area contributed by atoms with Crippen LogP contribution in [0.15, 0.2) is 24.5 Å². The van der Waals surface area contributed by atoms with E-state index in [1.54, 1.807) is 12.3 Å². The lowest BCUT2D eigenvalue weighted by Gasteiger charge is -1.96. The number of nitrogens with one attached hydrogen (secondary N) is 1. The minimum absolute atomic E-state index is 0.179. The predicted molar refractivity (Wildman–Crippen MR) is 41.1 cm³/mol. The molecule has 0 saturated heterocycles. The highest BCUT2D eigenvalue weighted by atomic mass is 19.3. The van der Waals surface area contributed by atoms with Crippen LogP contribution in [0.1, 0.15) is 12.1 Å². The van der Waals surface area contributed by atoms with Crippen LogP contribution in [0.4, 0.5) is 8.78 Å². The number of alkyl halides is 2. The summed E-state index contributed by atoms with van der Waals surface area (Å²) in [5.41, 5.74) is 0.599. The van der Waals surface area contributed by atoms with Gasteiger partial charge in [-0.1, -0.05) is 0 Å². The average molecular weight is 168 g/mol. The van der Waals surface area contributed by atoms with Crippen molar-refractivity contribution in [2.24, 2.45) is 0 Å². The lowest BCUT2D eigenvalue weighted by molar-refractivity contribution is 0.146. The van der Waals surface area contributed by atoms with E-state index >= 15 is 0 Å². The highest BCUT2D eigenvalue weighted by Gasteiger charge is 2.08. The van der Waals surface area contributed by atoms with E-state index in [2.05, 4.69) is 9.97 Å². The Morgan fingerprint density at radius 2 is 2.25 bits per heavy atom. The monoisotopic (exact) mass is 168 g/mol. The molecule has 1 N–H and O–H groups in total. The standard InChI is InChI=1S/C8H6F2N2/c9-8(10)6-3-5-1-2-11-7(5)4-12-6/h1-4,8,11H. The van der Waals surface area contributed by atoms with Gasteiger partial charge in [-0.15, -0.1) is 0 Å². The maximum Gasteiger partial charge on any atom is 0.280 e. The van der Waals surface area contributed by atoms with E-state index in [-0.39, 0.29) is 5.69 Å². The summed E-state index contributed by atoms with van der Waals surface area (Å²) in [6, 6.07) is 3.12. The second-order valence-corrected chi connectivity index (χ2v) is 2.47. The largest absolute Gasteiger partial charge is 0.360 e. The molecule has 2 rings (SSSR count). The van der Waals surface area contributed by atoms with Gasteiger partial charge in [-0.3, -0.25) is 4.98 Å². The molecule has 0 aliphatic carbocycles. The Hall–Kier alpha value is -1.45. The Morgan fingerprint density at radius 1 is 1.42 bits per heavy atom. The van der Waals surface area contributed by atoms with Gasteiger partial charge in [-0.2, -0.15) is 0 Å². The Balaban J connectivity index is 2.60. The molecule has 0 amide bonds. The summed E-state index contributed by atoms with van der Waals surface area (Å²) < 4.78 is 24.3. The van der Waals surface area contributed by atoms with E-state index in [0.29, 0.717) is 0 Å². The van der Waals surface area contributed by atoms with Crippen LogP contribution in [0.25, 0.3) is 10.9 Å². The molecule has 0 radical (unpaired) electrons. The second-order valence-electron chi connectivity index (χ2n) is 2.47. The van der Waals surface area contributed by atoms with Crippen molar-refractivity contribution in [1.29, 1.82) is 0 Å². The second kappa shape index (κ2) is 2.55. The van der Waals surface area contributed by atoms with E-state index in [9.17, 15) is 8.78 Å². The van der Waals surface area contributed by atoms with Crippen LogP contribution >= 0.6 is 0 Å². The van der Waals surface area contributed by atoms with Gasteiger partial charge < -0.3 is 4.98 Å². The molecule has 2 heterocycles. The maximum atomic E-state index is 12.1. The highest BCUT2D eigenvalue weighted by Crippen LogP contribution is 2.19. The fourth-order valence-corrected chi connectivity index (χ4v) is 1.09. The zero-order valence-electron chi connectivity index (χ0n) is 6.09. The molecule has 0 spiro atoms. The van der Waals surface area contributed by atoms with Crippen molar-refractivity contribution in [2.75, 3.05) is 0 Å². The highest BCUT2D eigenvalue weighted by molar-refractivity contribution is 5.78. The zero-order chi connectivity index (χ0) is 8.55. The van der Waals surface area contributed by atoms with E-state index < -0.39 is 6.43 Å². The molecule has 62 valence electrons. The fourth-order valence-electron chi connectivity index (χ4n) is 1.09. The number of halogens is 2. The van der Waals surface area contributed by atoms with Crippen molar-refractivity contribution in [3.63, 3.8) is 0 Å². The Kier molecular flexibility index (Phi) is 1.53. The molecule has 0 bridgehead atoms. The summed E-state index contributed by atoms with van der Waals surface area (Å²) in [6.07, 6.45) is 0.614. The van der Waals surface area contributed by atoms with Gasteiger partial charge in [0, 0.05) is 11.6 Å². The van der Waals surface area contributed by atoms with Crippen molar-refractivity contribution in [2.45, 2.75) is 6.43 Å². The maximum absolute atomic E-state index is 12.1. The molecule has 0 fully saturated rings. The molecule has 2 aromatic rings. The van der Waals surface area contributed by atoms with E-state index in [4.69, 9.17) is 0 Å². The summed E-state index contributed by atoms with van der Waals surface area (Å²) in [5, 5.41) is 0.764. The number of aromatic nitrogens is 2. The van der Waals surface area contributed by atoms with Gasteiger partial charge in [0.15, 0.2) is 0 Å². The first-order chi connectivity index (χ1) is 5.77. The SMILES string of the molecule is FC(F)c1cc2cc[nH]c2cn1. The summed E-state index contributed by atoms with van der Waals surface area (Å²) in [6.45, 7) is 0. The molecule has 0 atom stereocenters. The number of aromatic amines is 1. The number of hydrogen-bond donors (Lipinski definition) is 1. The van der Waals surface area contributed by atoms with Crippen LogP contribution in [-0.2, 0) is 0 Å². The molecule has 0 saturated carbocycles. The summed E-state index contributed by atoms with van der Waals surface area (Å²) in [4.78, 5) is 6.48. The van der Waals surface area contributed by atoms with E-state index in [1.165, 1.54) is 12.3 Å². The quantitative estimate of drug-likeness (QED) is 0.696. The van der Waals surface area contributed by atoms with Gasteiger partial charge in [0.05, 0.1) is 11.7 Å². The van der Waals surface area contributed by atoms with E-state index in [0.717, 1.165) is 10.9 Å². The molecule has 0 unspecified atom stereocenters. The van der Waals surface area contributed by atoms with Gasteiger partial charge in [0.25, 0.3) is 6.43 Å². The molecule has 0 aliphatic heterocycles. The Morgan fingerprint density at radius 3 is 3.00 bits per heavy atom. The smallest absolute Gasteiger partial charge is 0.280 e. The number of rotatable bonds is 1. The van der Waals surface area contributed by atoms with Crippen molar-refractivity contribution in [3.8, 4) is 0 Å². The molecule has 2 aromatic heterocycles. The first-order valence-electron chi connectivity index (χ1n) is 3.48. The van der Waals surface area contributed by atoms with Crippen LogP contribution in [0.2, 0.25) is 0 Å². The third-order valence-electron chi connectivity index (χ3n) is 1.68. The van der Waals surface area contributed by atoms with E-state index in [1.807, 2.05) is 0 Å². The van der Waals surface area contributed by atoms with Crippen molar-refractivity contribution in [3.05, 3.63) is 30.2 Å². The van der Waals surface area contributed by atoms with Crippen molar-refractivity contribution < 1.29 is 8.78 Å². The molecule has 12 heavy (non-hydrogen) atoms. The molecule has 4 heteroatoms. The number of nitrogens with zero attached hydrogens (tertiary/aromatic N) is 1.